The molecule has 0 aliphatic carbocycles. The van der Waals surface area contributed by atoms with Gasteiger partial charge < -0.3 is 15.4 Å². The quantitative estimate of drug-likeness (QED) is 0.792. The Bertz CT molecular complexity index is 373. The molecule has 1 atom stereocenters. The molecule has 0 spiro atoms. The van der Waals surface area contributed by atoms with E-state index >= 15 is 0 Å². The Hall–Kier alpha value is -1.06. The zero-order chi connectivity index (χ0) is 13.0. The van der Waals surface area contributed by atoms with Gasteiger partial charge in [0.2, 0.25) is 0 Å². The molecule has 1 aliphatic heterocycles. The van der Waals surface area contributed by atoms with Crippen molar-refractivity contribution in [2.75, 3.05) is 26.7 Å². The van der Waals surface area contributed by atoms with Crippen molar-refractivity contribution in [3.63, 3.8) is 0 Å². The van der Waals surface area contributed by atoms with E-state index < -0.39 is 0 Å². The van der Waals surface area contributed by atoms with Gasteiger partial charge in [0.05, 0.1) is 25.8 Å². The largest absolute Gasteiger partial charge is 0.496 e. The molecule has 18 heavy (non-hydrogen) atoms. The lowest BCUT2D eigenvalue weighted by Gasteiger charge is -2.32. The normalized spacial score (nSPS) is 25.7. The van der Waals surface area contributed by atoms with E-state index in [4.69, 9.17) is 4.74 Å². The fraction of sp³-hybridized carbons (Fsp3) is 0.600. The summed E-state index contributed by atoms with van der Waals surface area (Å²) in [5.74, 6) is 1.90. The van der Waals surface area contributed by atoms with E-state index in [1.54, 1.807) is 12.0 Å². The first-order chi connectivity index (χ1) is 8.76. The van der Waals surface area contributed by atoms with Crippen molar-refractivity contribution in [1.82, 2.24) is 0 Å². The number of para-hydroxylation sites is 1. The highest BCUT2D eigenvalue weighted by atomic mass is 16.5. The zero-order valence-electron chi connectivity index (χ0n) is 11.6. The van der Waals surface area contributed by atoms with Crippen molar-refractivity contribution in [3.8, 4) is 5.75 Å². The molecule has 0 bridgehead atoms. The molecule has 0 radical (unpaired) electrons. The summed E-state index contributed by atoms with van der Waals surface area (Å²) in [5.41, 5.74) is 5.47. The third kappa shape index (κ3) is 2.85. The van der Waals surface area contributed by atoms with Crippen LogP contribution < -0.4 is 15.4 Å². The molecule has 1 aromatic carbocycles. The summed E-state index contributed by atoms with van der Waals surface area (Å²) in [5, 5.41) is 0. The molecule has 3 heteroatoms. The van der Waals surface area contributed by atoms with Crippen LogP contribution in [0.1, 0.15) is 31.4 Å². The van der Waals surface area contributed by atoms with Crippen LogP contribution in [-0.2, 0) is 0 Å². The number of likely N-dealkylation sites (tertiary alicyclic amines) is 1. The molecule has 1 aromatic rings. The van der Waals surface area contributed by atoms with Gasteiger partial charge in [-0.3, -0.25) is 0 Å². The maximum Gasteiger partial charge on any atom is 0.166 e. The van der Waals surface area contributed by atoms with Crippen molar-refractivity contribution in [3.05, 3.63) is 29.8 Å². The molecule has 1 aliphatic rings. The van der Waals surface area contributed by atoms with Gasteiger partial charge in [-0.15, -0.1) is 0 Å². The Kier molecular flexibility index (Phi) is 4.61. The van der Waals surface area contributed by atoms with Crippen molar-refractivity contribution in [2.24, 2.45) is 5.92 Å². The van der Waals surface area contributed by atoms with Crippen molar-refractivity contribution < 1.29 is 15.4 Å². The summed E-state index contributed by atoms with van der Waals surface area (Å²) in [6.07, 6.45) is 2.67. The van der Waals surface area contributed by atoms with E-state index in [9.17, 15) is 0 Å². The maximum absolute atomic E-state index is 5.50. The summed E-state index contributed by atoms with van der Waals surface area (Å²) in [4.78, 5) is 1.67. The van der Waals surface area contributed by atoms with E-state index in [1.807, 2.05) is 6.07 Å². The lowest BCUT2D eigenvalue weighted by atomic mass is 9.95. The Balaban J connectivity index is 2.17. The highest BCUT2D eigenvalue weighted by Crippen LogP contribution is 2.23. The molecule has 3 nitrogen and oxygen atoms in total. The van der Waals surface area contributed by atoms with Gasteiger partial charge in [0.25, 0.3) is 0 Å². The lowest BCUT2D eigenvalue weighted by molar-refractivity contribution is -0.943. The molecule has 1 saturated heterocycles. The number of ether oxygens (including phenoxy) is 1. The molecular weight excluding hydrogens is 224 g/mol. The molecule has 0 saturated carbocycles. The molecular formula is C15H26N2O+2. The molecule has 2 rings (SSSR count). The van der Waals surface area contributed by atoms with Gasteiger partial charge in [-0.2, -0.15) is 0 Å². The standard InChI is InChI=1S/C15H24N2O/c1-12-7-9-17(10-8-12)14(11-16)13-5-3-4-6-15(13)18-2/h3-6,12,14H,7-11,16H2,1-2H3/p+2/t14-/m0/s1. The van der Waals surface area contributed by atoms with Crippen LogP contribution >= 0.6 is 0 Å². The fourth-order valence-corrected chi connectivity index (χ4v) is 3.02. The topological polar surface area (TPSA) is 41.3 Å². The Labute approximate surface area is 110 Å². The van der Waals surface area contributed by atoms with Crippen LogP contribution in [-0.4, -0.2) is 26.7 Å². The summed E-state index contributed by atoms with van der Waals surface area (Å²) in [6, 6.07) is 8.88. The first-order valence-electron chi connectivity index (χ1n) is 7.03. The summed E-state index contributed by atoms with van der Waals surface area (Å²) >= 11 is 0. The highest BCUT2D eigenvalue weighted by Gasteiger charge is 2.30. The van der Waals surface area contributed by atoms with Crippen LogP contribution in [0.3, 0.4) is 0 Å². The van der Waals surface area contributed by atoms with Gasteiger partial charge in [0.15, 0.2) is 6.04 Å². The van der Waals surface area contributed by atoms with Crippen LogP contribution in [0.15, 0.2) is 24.3 Å². The van der Waals surface area contributed by atoms with Crippen LogP contribution in [0, 0.1) is 5.92 Å². The molecule has 1 heterocycles. The van der Waals surface area contributed by atoms with Gasteiger partial charge in [0.1, 0.15) is 12.3 Å². The van der Waals surface area contributed by atoms with Crippen LogP contribution in [0.2, 0.25) is 0 Å². The minimum atomic E-state index is 0.480. The average Bonchev–Trinajstić information content (AvgIpc) is 2.42. The summed E-state index contributed by atoms with van der Waals surface area (Å²) in [7, 11) is 1.76. The number of nitrogens with one attached hydrogen (secondary N) is 1. The monoisotopic (exact) mass is 250 g/mol. The van der Waals surface area contributed by atoms with Gasteiger partial charge in [-0.1, -0.05) is 19.1 Å². The molecule has 0 amide bonds. The smallest absolute Gasteiger partial charge is 0.166 e. The Morgan fingerprint density at radius 1 is 1.33 bits per heavy atom. The maximum atomic E-state index is 5.50. The molecule has 0 aromatic heterocycles. The first kappa shape index (κ1) is 13.4. The third-order valence-corrected chi connectivity index (χ3v) is 4.21. The fourth-order valence-electron chi connectivity index (χ4n) is 3.02. The molecule has 1 fully saturated rings. The van der Waals surface area contributed by atoms with Gasteiger partial charge in [-0.05, 0) is 30.9 Å². The van der Waals surface area contributed by atoms with E-state index in [-0.39, 0.29) is 0 Å². The highest BCUT2D eigenvalue weighted by molar-refractivity contribution is 5.34. The first-order valence-corrected chi connectivity index (χ1v) is 7.03. The third-order valence-electron chi connectivity index (χ3n) is 4.21. The minimum Gasteiger partial charge on any atom is -0.496 e. The van der Waals surface area contributed by atoms with Crippen molar-refractivity contribution in [2.45, 2.75) is 25.8 Å². The zero-order valence-corrected chi connectivity index (χ0v) is 11.6. The molecule has 100 valence electrons. The second-order valence-corrected chi connectivity index (χ2v) is 5.42. The van der Waals surface area contributed by atoms with Crippen LogP contribution in [0.25, 0.3) is 0 Å². The van der Waals surface area contributed by atoms with E-state index in [0.717, 1.165) is 18.2 Å². The molecule has 4 N–H and O–H groups in total. The number of piperidine rings is 1. The van der Waals surface area contributed by atoms with Crippen LogP contribution in [0.5, 0.6) is 5.75 Å². The number of quaternary nitrogens is 2. The number of hydrogen-bond donors (Lipinski definition) is 2. The number of rotatable bonds is 4. The number of hydrogen-bond acceptors (Lipinski definition) is 1. The van der Waals surface area contributed by atoms with E-state index in [1.165, 1.54) is 31.5 Å². The summed E-state index contributed by atoms with van der Waals surface area (Å²) in [6.45, 7) is 5.82. The van der Waals surface area contributed by atoms with Crippen molar-refractivity contribution >= 4 is 0 Å². The predicted octanol–water partition coefficient (Wildman–Crippen LogP) is 0.293. The molecule has 0 unspecified atom stereocenters. The number of methoxy groups -OCH3 is 1. The van der Waals surface area contributed by atoms with E-state index in [2.05, 4.69) is 30.9 Å². The lowest BCUT2D eigenvalue weighted by Crippen LogP contribution is -3.14. The Morgan fingerprint density at radius 2 is 2.00 bits per heavy atom. The number of benzene rings is 1. The predicted molar refractivity (Wildman–Crippen MR) is 72.6 cm³/mol. The average molecular weight is 250 g/mol. The minimum absolute atomic E-state index is 0.480. The second-order valence-electron chi connectivity index (χ2n) is 5.42. The summed E-state index contributed by atoms with van der Waals surface area (Å²) < 4.78 is 5.50. The van der Waals surface area contributed by atoms with Crippen molar-refractivity contribution in [1.29, 1.82) is 0 Å². The van der Waals surface area contributed by atoms with Gasteiger partial charge >= 0.3 is 0 Å². The van der Waals surface area contributed by atoms with Crippen LogP contribution in [0.4, 0.5) is 0 Å². The van der Waals surface area contributed by atoms with Gasteiger partial charge in [0, 0.05) is 0 Å². The second kappa shape index (κ2) is 6.21. The Morgan fingerprint density at radius 3 is 2.61 bits per heavy atom. The van der Waals surface area contributed by atoms with Gasteiger partial charge in [-0.25, -0.2) is 0 Å². The van der Waals surface area contributed by atoms with E-state index in [0.29, 0.717) is 6.04 Å². The SMILES string of the molecule is COc1ccccc1[C@H](C[NH3+])[NH+]1CCC(C)CC1.